The zero-order valence-corrected chi connectivity index (χ0v) is 27.4. The number of hydrogen-bond acceptors (Lipinski definition) is 0. The molecule has 2 aliphatic carbocycles. The molecule has 0 aromatic carbocycles. The van der Waals surface area contributed by atoms with Gasteiger partial charge < -0.3 is 0 Å². The lowest BCUT2D eigenvalue weighted by Crippen LogP contribution is -2.24. The Morgan fingerprint density at radius 3 is 1.54 bits per heavy atom. The summed E-state index contributed by atoms with van der Waals surface area (Å²) in [5, 5.41) is 1.14. The van der Waals surface area contributed by atoms with Crippen LogP contribution in [0.5, 0.6) is 0 Å². The highest BCUT2D eigenvalue weighted by Crippen LogP contribution is 2.79. The molecule has 5 atom stereocenters. The molecule has 216 valence electrons. The summed E-state index contributed by atoms with van der Waals surface area (Å²) >= 11 is 0. The lowest BCUT2D eigenvalue weighted by atomic mass is 9.47. The van der Waals surface area contributed by atoms with Gasteiger partial charge in [0.05, 0.1) is 0 Å². The van der Waals surface area contributed by atoms with E-state index in [0.29, 0.717) is 16.0 Å². The Hall–Kier alpha value is -0.195. The van der Waals surface area contributed by atoms with Crippen LogP contribution in [0.2, 0.25) is 10.6 Å². The third-order valence-electron chi connectivity index (χ3n) is 11.4. The van der Waals surface area contributed by atoms with Crippen LogP contribution >= 0.6 is 0 Å². The van der Waals surface area contributed by atoms with Crippen LogP contribution in [-0.4, -0.2) is 7.28 Å². The predicted octanol–water partition coefficient (Wildman–Crippen LogP) is 12.5. The van der Waals surface area contributed by atoms with E-state index in [4.69, 9.17) is 0 Å². The molecule has 2 rings (SSSR count). The molecule has 0 bridgehead atoms. The summed E-state index contributed by atoms with van der Waals surface area (Å²) in [5.74, 6) is 2.59. The summed E-state index contributed by atoms with van der Waals surface area (Å²) < 4.78 is 0. The van der Waals surface area contributed by atoms with Gasteiger partial charge in [0.2, 0.25) is 0 Å². The lowest BCUT2D eigenvalue weighted by molar-refractivity contribution is 0.384. The van der Waals surface area contributed by atoms with Gasteiger partial charge in [0.1, 0.15) is 7.28 Å². The predicted molar refractivity (Wildman–Crippen MR) is 171 cm³/mol. The Kier molecular flexibility index (Phi) is 13.9. The van der Waals surface area contributed by atoms with Gasteiger partial charge in [-0.05, 0) is 67.5 Å². The normalized spacial score (nSPS) is 30.4. The maximum absolute atomic E-state index is 2.73. The Balaban J connectivity index is 2.38. The van der Waals surface area contributed by atoms with Crippen molar-refractivity contribution in [2.24, 2.45) is 23.2 Å². The summed E-state index contributed by atoms with van der Waals surface area (Å²) in [6, 6.07) is 0. The molecule has 1 heteroatoms. The number of unbranched alkanes of at least 4 members (excludes halogenated alkanes) is 9. The van der Waals surface area contributed by atoms with Crippen LogP contribution in [0.1, 0.15) is 184 Å². The van der Waals surface area contributed by atoms with Crippen LogP contribution in [0.3, 0.4) is 0 Å². The first kappa shape index (κ1) is 33.0. The molecule has 0 heterocycles. The molecule has 0 aliphatic heterocycles. The summed E-state index contributed by atoms with van der Waals surface area (Å²) in [4.78, 5) is 0. The second kappa shape index (κ2) is 15.6. The van der Waals surface area contributed by atoms with Gasteiger partial charge in [-0.25, -0.2) is 0 Å². The molecule has 2 aliphatic rings. The van der Waals surface area contributed by atoms with Gasteiger partial charge in [0, 0.05) is 0 Å². The van der Waals surface area contributed by atoms with Crippen molar-refractivity contribution in [1.82, 2.24) is 0 Å². The van der Waals surface area contributed by atoms with Gasteiger partial charge in [-0.15, -0.1) is 0 Å². The molecule has 0 aromatic heterocycles. The van der Waals surface area contributed by atoms with E-state index >= 15 is 0 Å². The van der Waals surface area contributed by atoms with Crippen molar-refractivity contribution in [3.63, 3.8) is 0 Å². The maximum Gasteiger partial charge on any atom is 0.136 e. The lowest BCUT2D eigenvalue weighted by Gasteiger charge is -2.35. The van der Waals surface area contributed by atoms with Crippen LogP contribution in [0, 0.1) is 23.2 Å². The SMILES string of the molecule is CCCCCCC(CCC)/C(C)=C(\C(CCCCCC)CCCCCC)C1(C)CC1(C)BC1(C)CC1C. The average molecular weight is 513 g/mol. The Bertz CT molecular complexity index is 666. The molecular formula is C36H69B. The molecule has 0 radical (unpaired) electrons. The van der Waals surface area contributed by atoms with Gasteiger partial charge in [-0.2, -0.15) is 0 Å². The molecule has 0 nitrogen and oxygen atoms in total. The zero-order valence-electron chi connectivity index (χ0n) is 27.4. The Morgan fingerprint density at radius 1 is 0.676 bits per heavy atom. The molecule has 2 fully saturated rings. The minimum absolute atomic E-state index is 0.442. The van der Waals surface area contributed by atoms with E-state index in [1.165, 1.54) is 129 Å². The first-order valence-corrected chi connectivity index (χ1v) is 17.3. The zero-order chi connectivity index (χ0) is 27.5. The summed E-state index contributed by atoms with van der Waals surface area (Å²) in [7, 11) is 1.46. The second-order valence-electron chi connectivity index (χ2n) is 14.8. The largest absolute Gasteiger partial charge is 0.136 e. The number of hydrogen-bond donors (Lipinski definition) is 0. The molecule has 0 N–H and O–H groups in total. The second-order valence-corrected chi connectivity index (χ2v) is 14.8. The van der Waals surface area contributed by atoms with Crippen LogP contribution < -0.4 is 0 Å². The minimum atomic E-state index is 0.442. The summed E-state index contributed by atoms with van der Waals surface area (Å²) in [6.45, 7) is 22.7. The van der Waals surface area contributed by atoms with Crippen LogP contribution in [-0.2, 0) is 0 Å². The minimum Gasteiger partial charge on any atom is -0.0702 e. The Labute approximate surface area is 236 Å². The quantitative estimate of drug-likeness (QED) is 0.0768. The fourth-order valence-electron chi connectivity index (χ4n) is 8.43. The van der Waals surface area contributed by atoms with Crippen molar-refractivity contribution in [2.75, 3.05) is 0 Å². The molecule has 2 saturated carbocycles. The van der Waals surface area contributed by atoms with E-state index in [9.17, 15) is 0 Å². The van der Waals surface area contributed by atoms with E-state index in [1.54, 1.807) is 0 Å². The van der Waals surface area contributed by atoms with E-state index in [0.717, 1.165) is 17.8 Å². The van der Waals surface area contributed by atoms with Crippen molar-refractivity contribution in [2.45, 2.75) is 195 Å². The van der Waals surface area contributed by atoms with E-state index in [2.05, 4.69) is 62.3 Å². The molecular weight excluding hydrogens is 443 g/mol. The molecule has 0 saturated heterocycles. The first-order chi connectivity index (χ1) is 17.6. The fourth-order valence-corrected chi connectivity index (χ4v) is 8.43. The highest BCUT2D eigenvalue weighted by atomic mass is 14.6. The van der Waals surface area contributed by atoms with Crippen molar-refractivity contribution in [1.29, 1.82) is 0 Å². The van der Waals surface area contributed by atoms with Crippen molar-refractivity contribution in [3.8, 4) is 0 Å². The number of allylic oxidation sites excluding steroid dienone is 2. The highest BCUT2D eigenvalue weighted by molar-refractivity contribution is 6.47. The van der Waals surface area contributed by atoms with Gasteiger partial charge in [0.15, 0.2) is 0 Å². The van der Waals surface area contributed by atoms with Crippen LogP contribution in [0.4, 0.5) is 0 Å². The van der Waals surface area contributed by atoms with Gasteiger partial charge in [0.25, 0.3) is 0 Å². The third kappa shape index (κ3) is 9.17. The average Bonchev–Trinajstić information content (AvgIpc) is 3.64. The fraction of sp³-hybridized carbons (Fsp3) is 0.944. The molecule has 0 amide bonds. The van der Waals surface area contributed by atoms with Gasteiger partial charge in [-0.3, -0.25) is 0 Å². The maximum atomic E-state index is 2.73. The standard InChI is InChI=1S/C36H69B/c1-10-14-17-20-24-31(23-13-4)30(6)33(32(25-21-18-15-11-2)26-22-19-16-12-3)34(7)28-36(34,9)37-35(8)27-29(35)5/h29,31-32,37H,10-28H2,1-9H3/b33-30+. The summed E-state index contributed by atoms with van der Waals surface area (Å²) in [6.07, 6.45) is 26.9. The van der Waals surface area contributed by atoms with E-state index in [1.807, 2.05) is 11.1 Å². The van der Waals surface area contributed by atoms with Crippen molar-refractivity contribution < 1.29 is 0 Å². The van der Waals surface area contributed by atoms with Crippen LogP contribution in [0.15, 0.2) is 11.1 Å². The molecule has 37 heavy (non-hydrogen) atoms. The third-order valence-corrected chi connectivity index (χ3v) is 11.4. The molecule has 5 unspecified atom stereocenters. The van der Waals surface area contributed by atoms with Crippen LogP contribution in [0.25, 0.3) is 0 Å². The molecule has 0 spiro atoms. The summed E-state index contributed by atoms with van der Waals surface area (Å²) in [5.41, 5.74) is 4.31. The first-order valence-electron chi connectivity index (χ1n) is 17.3. The number of rotatable bonds is 22. The van der Waals surface area contributed by atoms with Crippen molar-refractivity contribution in [3.05, 3.63) is 11.1 Å². The van der Waals surface area contributed by atoms with Crippen molar-refractivity contribution >= 4 is 7.28 Å². The van der Waals surface area contributed by atoms with E-state index < -0.39 is 0 Å². The van der Waals surface area contributed by atoms with Gasteiger partial charge in [-0.1, -0.05) is 162 Å². The molecule has 0 aromatic rings. The Morgan fingerprint density at radius 2 is 1.14 bits per heavy atom. The van der Waals surface area contributed by atoms with Gasteiger partial charge >= 0.3 is 0 Å². The smallest absolute Gasteiger partial charge is 0.0702 e. The monoisotopic (exact) mass is 513 g/mol. The topological polar surface area (TPSA) is 0 Å². The van der Waals surface area contributed by atoms with E-state index in [-0.39, 0.29) is 0 Å². The highest BCUT2D eigenvalue weighted by Gasteiger charge is 2.67.